The number of carbonyl (C=O) groups excluding carboxylic acids is 5. The number of fused-ring (bicyclic) bond motifs is 3. The molecule has 64 heavy (non-hydrogen) atoms. The number of nitrogens with two attached hydrogens (primary N) is 1. The lowest BCUT2D eigenvalue weighted by Crippen LogP contribution is -2.05. The van der Waals surface area contributed by atoms with Crippen molar-refractivity contribution in [3.63, 3.8) is 0 Å². The highest BCUT2D eigenvalue weighted by atomic mass is 79.9. The van der Waals surface area contributed by atoms with Crippen molar-refractivity contribution in [2.24, 2.45) is 0 Å². The minimum atomic E-state index is -0.989. The maximum Gasteiger partial charge on any atom is 0.343 e. The van der Waals surface area contributed by atoms with Gasteiger partial charge in [0.25, 0.3) is 0 Å². The third-order valence-corrected chi connectivity index (χ3v) is 9.66. The molecule has 2 aliphatic carbocycles. The van der Waals surface area contributed by atoms with Crippen LogP contribution in [0.15, 0.2) is 66.4 Å². The van der Waals surface area contributed by atoms with Crippen molar-refractivity contribution in [1.29, 1.82) is 0 Å². The first kappa shape index (κ1) is 48.1. The molecule has 0 bridgehead atoms. The molecule has 7 aromatic rings. The number of aromatic carboxylic acids is 1. The van der Waals surface area contributed by atoms with Crippen LogP contribution in [-0.4, -0.2) is 120 Å². The monoisotopic (exact) mass is 1010 g/mol. The van der Waals surface area contributed by atoms with Gasteiger partial charge in [-0.2, -0.15) is 20.4 Å². The van der Waals surface area contributed by atoms with Gasteiger partial charge in [0.05, 0.1) is 49.1 Å². The van der Waals surface area contributed by atoms with Gasteiger partial charge in [0.1, 0.15) is 45.5 Å². The predicted octanol–water partition coefficient (Wildman–Crippen LogP) is 5.07. The van der Waals surface area contributed by atoms with Crippen LogP contribution in [0.25, 0.3) is 16.9 Å². The van der Waals surface area contributed by atoms with Crippen LogP contribution in [0.4, 0.5) is 5.82 Å². The van der Waals surface area contributed by atoms with Crippen molar-refractivity contribution >= 4 is 91.1 Å². The van der Waals surface area contributed by atoms with E-state index in [9.17, 15) is 28.8 Å². The third-order valence-electron chi connectivity index (χ3n) is 8.82. The van der Waals surface area contributed by atoms with Crippen LogP contribution in [0, 0.1) is 0 Å². The number of nitrogens with zero attached hydrogens (tertiary/aromatic N) is 10. The lowest BCUT2D eigenvalue weighted by atomic mass is 10.2. The second kappa shape index (κ2) is 22.9. The molecule has 336 valence electrons. The molecule has 4 N–H and O–H groups in total. The Balaban J connectivity index is 0.000000155. The zero-order valence-corrected chi connectivity index (χ0v) is 37.7. The van der Waals surface area contributed by atoms with Gasteiger partial charge in [-0.25, -0.2) is 47.7 Å². The van der Waals surface area contributed by atoms with E-state index in [-0.39, 0.29) is 22.9 Å². The van der Waals surface area contributed by atoms with Crippen LogP contribution >= 0.6 is 31.9 Å². The van der Waals surface area contributed by atoms with Gasteiger partial charge >= 0.3 is 23.9 Å². The largest absolute Gasteiger partial charge is 0.477 e. The van der Waals surface area contributed by atoms with Gasteiger partial charge in [-0.3, -0.25) is 5.10 Å². The number of alkyl halides is 1. The summed E-state index contributed by atoms with van der Waals surface area (Å²) in [5.41, 5.74) is 10.4. The Morgan fingerprint density at radius 3 is 1.47 bits per heavy atom. The molecule has 0 unspecified atom stereocenters. The maximum absolute atomic E-state index is 11.6. The maximum atomic E-state index is 11.6. The van der Waals surface area contributed by atoms with Crippen molar-refractivity contribution < 1.29 is 48.1 Å². The van der Waals surface area contributed by atoms with Gasteiger partial charge in [0, 0.05) is 37.2 Å². The molecule has 9 rings (SSSR count). The number of H-pyrrole nitrogens is 1. The summed E-state index contributed by atoms with van der Waals surface area (Å²) in [6.45, 7) is 6.30. The fraction of sp³-hybridized carbons (Fsp3) is 0.325. The van der Waals surface area contributed by atoms with Crippen molar-refractivity contribution in [2.45, 2.75) is 63.1 Å². The first-order valence-electron chi connectivity index (χ1n) is 19.6. The SMILES string of the molecule is CCOC(=O)c1cn[nH]c1N.CCOC(=O)c1cnn2cc(Br)cnc12.CCOC(=O)c1cnn2cc(C3CC3)cnc12.O=C(O)c1cnn2cc(C3CC3)cnc12.O=CC(Br)C=O. The number of aromatic amines is 1. The Morgan fingerprint density at radius 2 is 1.09 bits per heavy atom. The lowest BCUT2D eigenvalue weighted by Gasteiger charge is -2.00. The number of nitrogen functional groups attached to an aromatic ring is 1. The summed E-state index contributed by atoms with van der Waals surface area (Å²) in [4.78, 5) is 75.7. The highest BCUT2D eigenvalue weighted by molar-refractivity contribution is 9.10. The number of esters is 3. The van der Waals surface area contributed by atoms with E-state index < -0.39 is 22.7 Å². The second-order valence-electron chi connectivity index (χ2n) is 13.5. The highest BCUT2D eigenvalue weighted by Gasteiger charge is 2.26. The van der Waals surface area contributed by atoms with E-state index in [2.05, 4.69) is 77.0 Å². The van der Waals surface area contributed by atoms with Crippen LogP contribution < -0.4 is 5.73 Å². The number of aldehydes is 2. The second-order valence-corrected chi connectivity index (χ2v) is 15.4. The number of hydrogen-bond acceptors (Lipinski definition) is 17. The summed E-state index contributed by atoms with van der Waals surface area (Å²) in [5, 5.41) is 27.0. The Morgan fingerprint density at radius 1 is 0.688 bits per heavy atom. The van der Waals surface area contributed by atoms with E-state index in [1.54, 1.807) is 43.9 Å². The van der Waals surface area contributed by atoms with Gasteiger partial charge in [-0.1, -0.05) is 15.9 Å². The smallest absolute Gasteiger partial charge is 0.343 e. The zero-order valence-electron chi connectivity index (χ0n) is 34.5. The fourth-order valence-electron chi connectivity index (χ4n) is 5.44. The molecule has 0 aromatic carbocycles. The molecule has 24 heteroatoms. The molecule has 22 nitrogen and oxygen atoms in total. The standard InChI is InChI=1S/C12H13N3O2.C10H9N3O2.C9H8BrN3O2.C6H9N3O2.C3H3BrO2/c1-2-17-12(16)10-6-14-15-7-9(8-3-4-8)5-13-11(10)15;14-10(15)8-4-12-13-5-7(6-1-2-6)3-11-9(8)13;1-2-15-9(14)7-4-12-13-5-6(10)3-11-8(7)13;1-2-11-6(10)4-3-8-9-5(4)7;4-3(1-5)2-6/h5-8H,2-4H2,1H3;3-6H,1-2H2,(H,14,15);3-5H,2H2,1H3;3H,2H2,1H3,(H3,7,8,9);1-3H. The minimum absolute atomic E-state index is 0.150. The number of hydrogen-bond donors (Lipinski definition) is 3. The first-order valence-corrected chi connectivity index (χ1v) is 21.3. The zero-order chi connectivity index (χ0) is 46.3. The van der Waals surface area contributed by atoms with Crippen molar-refractivity contribution in [2.75, 3.05) is 25.6 Å². The summed E-state index contributed by atoms with van der Waals surface area (Å²) in [6.07, 6.45) is 22.2. The molecule has 0 aliphatic heterocycles. The van der Waals surface area contributed by atoms with Gasteiger partial charge in [0.2, 0.25) is 0 Å². The number of ether oxygens (including phenoxy) is 3. The molecule has 7 heterocycles. The third kappa shape index (κ3) is 12.8. The van der Waals surface area contributed by atoms with Crippen LogP contribution in [-0.2, 0) is 23.8 Å². The Hall–Kier alpha value is -6.95. The Labute approximate surface area is 380 Å². The van der Waals surface area contributed by atoms with Crippen molar-refractivity contribution in [3.05, 3.63) is 99.8 Å². The molecule has 0 radical (unpaired) electrons. The summed E-state index contributed by atoms with van der Waals surface area (Å²) in [7, 11) is 0. The fourth-order valence-corrected chi connectivity index (χ4v) is 5.74. The average molecular weight is 1010 g/mol. The predicted molar refractivity (Wildman–Crippen MR) is 233 cm³/mol. The van der Waals surface area contributed by atoms with Gasteiger partial charge in [-0.05, 0) is 85.3 Å². The molecule has 0 spiro atoms. The molecule has 7 aromatic heterocycles. The molecular weight excluding hydrogens is 968 g/mol. The van der Waals surface area contributed by atoms with E-state index >= 15 is 0 Å². The Bertz CT molecular complexity index is 2730. The molecule has 0 atom stereocenters. The van der Waals surface area contributed by atoms with E-state index in [0.717, 1.165) is 10.0 Å². The average Bonchev–Trinajstić information content (AvgIpc) is 4.14. The number of nitrogens with one attached hydrogen (secondary N) is 1. The number of anilines is 1. The van der Waals surface area contributed by atoms with E-state index in [4.69, 9.17) is 20.3 Å². The topological polar surface area (TPSA) is 296 Å². The van der Waals surface area contributed by atoms with Crippen LogP contribution in [0.2, 0.25) is 0 Å². The molecule has 2 saturated carbocycles. The van der Waals surface area contributed by atoms with Gasteiger partial charge in [0.15, 0.2) is 16.9 Å². The van der Waals surface area contributed by atoms with Crippen LogP contribution in [0.3, 0.4) is 0 Å². The highest BCUT2D eigenvalue weighted by Crippen LogP contribution is 2.40. The van der Waals surface area contributed by atoms with Gasteiger partial charge < -0.3 is 34.6 Å². The number of carboxylic acid groups (broad SMARTS) is 1. The van der Waals surface area contributed by atoms with Gasteiger partial charge in [-0.15, -0.1) is 0 Å². The number of halogens is 2. The van der Waals surface area contributed by atoms with E-state index in [1.165, 1.54) is 65.1 Å². The summed E-state index contributed by atoms with van der Waals surface area (Å²) >= 11 is 6.01. The molecule has 2 aliphatic rings. The normalized spacial score (nSPS) is 12.6. The number of carbonyl (C=O) groups is 6. The quantitative estimate of drug-likeness (QED) is 0.0501. The molecule has 0 amide bonds. The van der Waals surface area contributed by atoms with E-state index in [0.29, 0.717) is 72.3 Å². The lowest BCUT2D eigenvalue weighted by molar-refractivity contribution is -0.113. The molecule has 0 saturated heterocycles. The number of carboxylic acids is 1. The van der Waals surface area contributed by atoms with Crippen LogP contribution in [0.5, 0.6) is 0 Å². The van der Waals surface area contributed by atoms with E-state index in [1.807, 2.05) is 18.6 Å². The molecular formula is C40H42Br2N12O10. The number of aromatic nitrogens is 11. The summed E-state index contributed by atoms with van der Waals surface area (Å²) in [5.74, 6) is -0.739. The first-order chi connectivity index (χ1) is 30.8. The van der Waals surface area contributed by atoms with Crippen LogP contribution in [0.1, 0.15) is 111 Å². The number of rotatable bonds is 11. The van der Waals surface area contributed by atoms with Crippen molar-refractivity contribution in [3.8, 4) is 0 Å². The minimum Gasteiger partial charge on any atom is -0.477 e. The molecule has 2 fully saturated rings. The van der Waals surface area contributed by atoms with Crippen molar-refractivity contribution in [1.82, 2.24) is 54.0 Å². The summed E-state index contributed by atoms with van der Waals surface area (Å²) in [6, 6.07) is 0. The Kier molecular flexibility index (Phi) is 17.2. The summed E-state index contributed by atoms with van der Waals surface area (Å²) < 4.78 is 20.0.